The Morgan fingerprint density at radius 2 is 1.91 bits per heavy atom. The van der Waals surface area contributed by atoms with Gasteiger partial charge in [-0.1, -0.05) is 0 Å². The van der Waals surface area contributed by atoms with E-state index in [1.54, 1.807) is 0 Å². The zero-order chi connectivity index (χ0) is 17.0. The van der Waals surface area contributed by atoms with Crippen LogP contribution in [0.5, 0.6) is 5.75 Å². The molecule has 0 saturated carbocycles. The quantitative estimate of drug-likeness (QED) is 0.531. The van der Waals surface area contributed by atoms with Crippen molar-refractivity contribution < 1.29 is 18.4 Å². The third-order valence-electron chi connectivity index (χ3n) is 4.51. The van der Waals surface area contributed by atoms with Crippen LogP contribution in [0.1, 0.15) is 27.7 Å². The van der Waals surface area contributed by atoms with Crippen molar-refractivity contribution in [2.24, 2.45) is 0 Å². The molecule has 0 aliphatic carbocycles. The van der Waals surface area contributed by atoms with Crippen molar-refractivity contribution >= 4 is 53.9 Å². The number of aromatic nitrogens is 2. The van der Waals surface area contributed by atoms with Crippen molar-refractivity contribution in [1.29, 1.82) is 0 Å². The van der Waals surface area contributed by atoms with Gasteiger partial charge in [0.2, 0.25) is 0 Å². The molecule has 1 aliphatic heterocycles. The molecule has 3 heterocycles. The number of rotatable bonds is 3. The van der Waals surface area contributed by atoms with Crippen LogP contribution < -0.4 is 10.2 Å². The molecule has 0 aromatic carbocycles. The van der Waals surface area contributed by atoms with Gasteiger partial charge in [0, 0.05) is 42.0 Å². The predicted molar refractivity (Wildman–Crippen MR) is 99.0 cm³/mol. The van der Waals surface area contributed by atoms with E-state index < -0.39 is 24.1 Å². The summed E-state index contributed by atoms with van der Waals surface area (Å²) in [5.41, 5.74) is 0.383. The number of hydrogen-bond donors (Lipinski definition) is 0. The molecular weight excluding hydrogens is 433 g/mol. The molecule has 2 aromatic rings. The van der Waals surface area contributed by atoms with Gasteiger partial charge in [0.15, 0.2) is 17.2 Å². The molecule has 23 heavy (non-hydrogen) atoms. The highest BCUT2D eigenvalue weighted by Crippen LogP contribution is 2.38. The van der Waals surface area contributed by atoms with Crippen molar-refractivity contribution in [3.05, 3.63) is 18.2 Å². The van der Waals surface area contributed by atoms with E-state index in [4.69, 9.17) is 14.0 Å². The summed E-state index contributed by atoms with van der Waals surface area (Å²) in [5.74, 6) is -0.349. The number of pyridine rings is 1. The van der Waals surface area contributed by atoms with Crippen molar-refractivity contribution in [2.75, 3.05) is 7.11 Å². The molecule has 0 amide bonds. The minimum atomic E-state index is -0.607. The van der Waals surface area contributed by atoms with Crippen molar-refractivity contribution in [3.8, 4) is 5.75 Å². The topological polar surface area (TPSA) is 45.5 Å². The van der Waals surface area contributed by atoms with Crippen molar-refractivity contribution in [3.63, 3.8) is 0 Å². The summed E-state index contributed by atoms with van der Waals surface area (Å²) in [6.45, 7) is 7.93. The normalized spacial score (nSPS) is 19.5. The van der Waals surface area contributed by atoms with E-state index in [9.17, 15) is 4.39 Å². The average Bonchev–Trinajstić information content (AvgIpc) is 2.94. The third kappa shape index (κ3) is 2.65. The number of methoxy groups -OCH3 is 1. The number of halogens is 2. The van der Waals surface area contributed by atoms with E-state index in [1.807, 2.05) is 37.9 Å². The van der Waals surface area contributed by atoms with Gasteiger partial charge in [-0.2, -0.15) is 0 Å². The van der Waals surface area contributed by atoms with Crippen LogP contribution in [0.15, 0.2) is 12.4 Å². The standard InChI is InChI=1S/C14H17BFIN2O3S/c1-13(2)14(3,4)22-15(21-13)8-7-19(23-17)12-10(8)11(20-5)9(16)6-18-12/h6-7H,1-5H3. The Bertz CT molecular complexity index is 752. The second kappa shape index (κ2) is 5.78. The van der Waals surface area contributed by atoms with Crippen LogP contribution in [0.25, 0.3) is 11.0 Å². The fourth-order valence-electron chi connectivity index (χ4n) is 2.54. The maximum atomic E-state index is 14.1. The minimum absolute atomic E-state index is 0.156. The van der Waals surface area contributed by atoms with Gasteiger partial charge in [-0.05, 0) is 27.7 Å². The molecule has 9 heteroatoms. The number of hydrogen-bond acceptors (Lipinski definition) is 5. The van der Waals surface area contributed by atoms with Crippen LogP contribution in [0.3, 0.4) is 0 Å². The van der Waals surface area contributed by atoms with Crippen LogP contribution >= 0.6 is 30.3 Å². The summed E-state index contributed by atoms with van der Waals surface area (Å²) in [5, 5.41) is 0.579. The first-order valence-electron chi connectivity index (χ1n) is 7.10. The first-order chi connectivity index (χ1) is 10.7. The molecule has 0 N–H and O–H groups in total. The number of fused-ring (bicyclic) bond motifs is 1. The fraction of sp³-hybridized carbons (Fsp3) is 0.500. The molecule has 0 atom stereocenters. The van der Waals surface area contributed by atoms with E-state index in [0.29, 0.717) is 16.5 Å². The molecular formula is C14H17BFIN2O3S. The van der Waals surface area contributed by atoms with Gasteiger partial charge in [0.1, 0.15) is 0 Å². The van der Waals surface area contributed by atoms with Gasteiger partial charge in [0.05, 0.1) is 29.9 Å². The molecule has 5 nitrogen and oxygen atoms in total. The molecule has 124 valence electrons. The summed E-state index contributed by atoms with van der Waals surface area (Å²) < 4.78 is 33.4. The molecule has 0 spiro atoms. The molecule has 0 radical (unpaired) electrons. The summed E-state index contributed by atoms with van der Waals surface area (Å²) in [4.78, 5) is 4.20. The Labute approximate surface area is 151 Å². The lowest BCUT2D eigenvalue weighted by molar-refractivity contribution is 0.00578. The first-order valence-corrected chi connectivity index (χ1v) is 10.4. The number of ether oxygens (including phenoxy) is 1. The average molecular weight is 450 g/mol. The van der Waals surface area contributed by atoms with Crippen LogP contribution in [-0.4, -0.2) is 34.4 Å². The van der Waals surface area contributed by atoms with Crippen molar-refractivity contribution in [2.45, 2.75) is 38.9 Å². The zero-order valence-corrected chi connectivity index (χ0v) is 16.5. The third-order valence-corrected chi connectivity index (χ3v) is 6.21. The van der Waals surface area contributed by atoms with Gasteiger partial charge >= 0.3 is 7.12 Å². The number of nitrogens with zero attached hydrogens (tertiary/aromatic N) is 2. The van der Waals surface area contributed by atoms with E-state index in [0.717, 1.165) is 0 Å². The van der Waals surface area contributed by atoms with E-state index in [1.165, 1.54) is 22.4 Å². The van der Waals surface area contributed by atoms with Gasteiger partial charge in [-0.15, -0.1) is 0 Å². The molecule has 0 bridgehead atoms. The Hall–Kier alpha value is -0.515. The Morgan fingerprint density at radius 1 is 1.30 bits per heavy atom. The Kier molecular flexibility index (Phi) is 4.35. The highest BCUT2D eigenvalue weighted by atomic mass is 127. The molecule has 1 saturated heterocycles. The summed E-state index contributed by atoms with van der Waals surface area (Å²) in [6.07, 6.45) is 3.03. The predicted octanol–water partition coefficient (Wildman–Crippen LogP) is 3.33. The summed E-state index contributed by atoms with van der Waals surface area (Å²) in [7, 11) is 2.28. The molecule has 3 rings (SSSR count). The SMILES string of the molecule is COc1c(F)cnc2c1c(B1OC(C)(C)C(C)(C)O1)cn2SI. The summed E-state index contributed by atoms with van der Waals surface area (Å²) in [6, 6.07) is 0. The maximum absolute atomic E-state index is 14.1. The molecule has 1 fully saturated rings. The lowest BCUT2D eigenvalue weighted by Crippen LogP contribution is -2.41. The van der Waals surface area contributed by atoms with Gasteiger partial charge in [-0.3, -0.25) is 3.97 Å². The van der Waals surface area contributed by atoms with Gasteiger partial charge < -0.3 is 14.0 Å². The highest BCUT2D eigenvalue weighted by molar-refractivity contribution is 14.2. The highest BCUT2D eigenvalue weighted by Gasteiger charge is 2.52. The second-order valence-electron chi connectivity index (χ2n) is 6.41. The van der Waals surface area contributed by atoms with Crippen LogP contribution in [-0.2, 0) is 9.31 Å². The minimum Gasteiger partial charge on any atom is -0.493 e. The van der Waals surface area contributed by atoms with Crippen molar-refractivity contribution in [1.82, 2.24) is 8.96 Å². The molecule has 0 unspecified atom stereocenters. The zero-order valence-electron chi connectivity index (χ0n) is 13.5. The lowest BCUT2D eigenvalue weighted by Gasteiger charge is -2.32. The maximum Gasteiger partial charge on any atom is 0.497 e. The van der Waals surface area contributed by atoms with Gasteiger partial charge in [0.25, 0.3) is 0 Å². The first kappa shape index (κ1) is 17.3. The van der Waals surface area contributed by atoms with Crippen LogP contribution in [0.4, 0.5) is 4.39 Å². The fourth-order valence-corrected chi connectivity index (χ4v) is 3.80. The molecule has 1 aliphatic rings. The van der Waals surface area contributed by atoms with E-state index in [2.05, 4.69) is 26.2 Å². The van der Waals surface area contributed by atoms with E-state index in [-0.39, 0.29) is 5.75 Å². The lowest BCUT2D eigenvalue weighted by atomic mass is 9.79. The smallest absolute Gasteiger partial charge is 0.493 e. The van der Waals surface area contributed by atoms with Gasteiger partial charge in [-0.25, -0.2) is 9.37 Å². The van der Waals surface area contributed by atoms with Crippen LogP contribution in [0.2, 0.25) is 0 Å². The Morgan fingerprint density at radius 3 is 2.43 bits per heavy atom. The van der Waals surface area contributed by atoms with E-state index >= 15 is 0 Å². The second-order valence-corrected chi connectivity index (χ2v) is 8.12. The summed E-state index contributed by atoms with van der Waals surface area (Å²) >= 11 is 2.15. The molecule has 2 aromatic heterocycles. The van der Waals surface area contributed by atoms with Crippen LogP contribution in [0, 0.1) is 5.82 Å². The Balaban J connectivity index is 2.21. The largest absolute Gasteiger partial charge is 0.497 e. The monoisotopic (exact) mass is 450 g/mol.